The summed E-state index contributed by atoms with van der Waals surface area (Å²) in [7, 11) is 0. The molecule has 0 radical (unpaired) electrons. The number of alkyl halides is 3. The number of benzene rings is 3. The van der Waals surface area contributed by atoms with Crippen molar-refractivity contribution < 1.29 is 17.9 Å². The van der Waals surface area contributed by atoms with Crippen LogP contribution in [0.4, 0.5) is 24.5 Å². The fourth-order valence-electron chi connectivity index (χ4n) is 4.09. The van der Waals surface area contributed by atoms with Crippen molar-refractivity contribution >= 4 is 46.7 Å². The number of aliphatic imine (C=N–C) groups is 2. The van der Waals surface area contributed by atoms with Crippen LogP contribution in [0.2, 0.25) is 0 Å². The Bertz CT molecular complexity index is 1420. The molecule has 1 fully saturated rings. The summed E-state index contributed by atoms with van der Waals surface area (Å²) in [4.78, 5) is 10.5. The number of halogens is 3. The van der Waals surface area contributed by atoms with E-state index in [1.807, 2.05) is 24.3 Å². The highest BCUT2D eigenvalue weighted by atomic mass is 32.2. The van der Waals surface area contributed by atoms with Crippen molar-refractivity contribution in [3.63, 3.8) is 0 Å². The first-order valence-electron chi connectivity index (χ1n) is 13.2. The van der Waals surface area contributed by atoms with Crippen molar-refractivity contribution in [1.29, 1.82) is 0 Å². The molecule has 4 rings (SSSR count). The van der Waals surface area contributed by atoms with Gasteiger partial charge in [0.15, 0.2) is 5.17 Å². The van der Waals surface area contributed by atoms with Gasteiger partial charge in [-0.1, -0.05) is 68.1 Å². The number of hydrogen-bond acceptors (Lipinski definition) is 5. The van der Waals surface area contributed by atoms with E-state index in [9.17, 15) is 13.2 Å². The lowest BCUT2D eigenvalue weighted by atomic mass is 9.96. The van der Waals surface area contributed by atoms with Crippen LogP contribution in [-0.2, 0) is 0 Å². The zero-order valence-corrected chi connectivity index (χ0v) is 23.6. The van der Waals surface area contributed by atoms with Crippen molar-refractivity contribution in [2.75, 3.05) is 17.2 Å². The predicted molar refractivity (Wildman–Crippen MR) is 163 cm³/mol. The van der Waals surface area contributed by atoms with E-state index in [1.165, 1.54) is 41.9 Å². The molecule has 1 aliphatic heterocycles. The number of anilines is 1. The minimum atomic E-state index is -4.74. The first kappa shape index (κ1) is 29.9. The van der Waals surface area contributed by atoms with Crippen molar-refractivity contribution in [2.45, 2.75) is 39.0 Å². The van der Waals surface area contributed by atoms with Gasteiger partial charge in [-0.15, -0.1) is 18.3 Å². The van der Waals surface area contributed by atoms with Crippen LogP contribution in [0.3, 0.4) is 0 Å². The molecule has 1 atom stereocenters. The molecular weight excluding hydrogens is 549 g/mol. The van der Waals surface area contributed by atoms with Crippen molar-refractivity contribution in [3.05, 3.63) is 89.5 Å². The van der Waals surface area contributed by atoms with E-state index in [1.54, 1.807) is 18.0 Å². The molecule has 214 valence electrons. The Morgan fingerprint density at radius 1 is 1.07 bits per heavy atom. The fourth-order valence-corrected chi connectivity index (χ4v) is 4.99. The second-order valence-electron chi connectivity index (χ2n) is 9.27. The van der Waals surface area contributed by atoms with Crippen LogP contribution in [0.25, 0.3) is 0 Å². The van der Waals surface area contributed by atoms with Gasteiger partial charge < -0.3 is 15.4 Å². The Morgan fingerprint density at radius 2 is 1.80 bits per heavy atom. The monoisotopic (exact) mass is 580 g/mol. The molecule has 1 heterocycles. The Kier molecular flexibility index (Phi) is 10.2. The molecule has 41 heavy (non-hydrogen) atoms. The lowest BCUT2D eigenvalue weighted by Crippen LogP contribution is -2.34. The van der Waals surface area contributed by atoms with Gasteiger partial charge in [-0.2, -0.15) is 5.10 Å². The first-order valence-corrected chi connectivity index (χ1v) is 14.1. The van der Waals surface area contributed by atoms with Gasteiger partial charge >= 0.3 is 6.36 Å². The number of nitrogens with two attached hydrogens (primary N) is 1. The summed E-state index contributed by atoms with van der Waals surface area (Å²) in [6.45, 7) is 5.35. The number of ether oxygens (including phenoxy) is 1. The van der Waals surface area contributed by atoms with Crippen LogP contribution in [0.5, 0.6) is 5.75 Å². The molecule has 3 aromatic carbocycles. The predicted octanol–water partition coefficient (Wildman–Crippen LogP) is 7.50. The normalized spacial score (nSPS) is 16.6. The number of rotatable bonds is 9. The number of thioether (sulfide) groups is 1. The minimum Gasteiger partial charge on any atom is -0.406 e. The van der Waals surface area contributed by atoms with Crippen LogP contribution >= 0.6 is 11.8 Å². The molecule has 11 heteroatoms. The zero-order chi connectivity index (χ0) is 29.2. The summed E-state index contributed by atoms with van der Waals surface area (Å²) < 4.78 is 40.7. The van der Waals surface area contributed by atoms with Gasteiger partial charge in [0, 0.05) is 23.5 Å². The molecule has 7 nitrogen and oxygen atoms in total. The largest absolute Gasteiger partial charge is 0.573 e. The third-order valence-corrected chi connectivity index (χ3v) is 7.44. The molecule has 3 aromatic rings. The highest BCUT2D eigenvalue weighted by Gasteiger charge is 2.31. The summed E-state index contributed by atoms with van der Waals surface area (Å²) in [5, 5.41) is 9.81. The van der Waals surface area contributed by atoms with E-state index in [-0.39, 0.29) is 11.6 Å². The molecule has 1 unspecified atom stereocenters. The lowest BCUT2D eigenvalue weighted by Gasteiger charge is -2.31. The van der Waals surface area contributed by atoms with Gasteiger partial charge in [-0.05, 0) is 60.2 Å². The standard InChI is InChI=1S/C30H31F3N6OS/c1-3-21(2)26-7-4-5-8-27(26)39-17-6-18-41-29(39)38-37-19-22-9-11-23(12-10-22)28(34)36-20-35-24-13-15-25(16-14-24)40-30(31,32)33/h4-5,7-16,19-21H,3,6,17-18H2,1-2H3,(H2,34,35,36)/b37-19+,38-29-. The molecule has 2 N–H and O–H groups in total. The summed E-state index contributed by atoms with van der Waals surface area (Å²) in [5.74, 6) is 1.38. The van der Waals surface area contributed by atoms with E-state index in [2.05, 4.69) is 67.9 Å². The summed E-state index contributed by atoms with van der Waals surface area (Å²) in [6.07, 6.45) is 0.354. The maximum absolute atomic E-state index is 12.3. The van der Waals surface area contributed by atoms with Gasteiger partial charge in [0.1, 0.15) is 17.9 Å². The number of para-hydroxylation sites is 1. The molecule has 0 amide bonds. The molecule has 0 saturated carbocycles. The van der Waals surface area contributed by atoms with Gasteiger partial charge in [-0.3, -0.25) is 0 Å². The maximum atomic E-state index is 12.3. The zero-order valence-electron chi connectivity index (χ0n) is 22.8. The Balaban J connectivity index is 1.39. The highest BCUT2D eigenvalue weighted by Crippen LogP contribution is 2.33. The quantitative estimate of drug-likeness (QED) is 0.161. The van der Waals surface area contributed by atoms with Crippen molar-refractivity contribution in [3.8, 4) is 5.75 Å². The smallest absolute Gasteiger partial charge is 0.406 e. The third-order valence-electron chi connectivity index (χ3n) is 6.39. The average molecular weight is 581 g/mol. The minimum absolute atomic E-state index is 0.240. The second kappa shape index (κ2) is 14.0. The molecule has 0 aliphatic carbocycles. The van der Waals surface area contributed by atoms with Crippen LogP contribution in [0.1, 0.15) is 49.3 Å². The van der Waals surface area contributed by atoms with E-state index in [0.717, 1.165) is 35.9 Å². The Labute approximate surface area is 241 Å². The molecule has 1 aliphatic rings. The summed E-state index contributed by atoms with van der Waals surface area (Å²) in [6, 6.07) is 21.0. The Hall–Kier alpha value is -4.12. The number of hydrogen-bond donors (Lipinski definition) is 1. The SMILES string of the molecule is CCC(C)c1ccccc1N1CCCS/C1=N\N=C\c1ccc(C(N)=NC=Nc2ccc(OC(F)(F)F)cc2)cc1. The van der Waals surface area contributed by atoms with E-state index in [4.69, 9.17) is 5.73 Å². The molecule has 0 spiro atoms. The fraction of sp³-hybridized carbons (Fsp3) is 0.267. The van der Waals surface area contributed by atoms with Crippen molar-refractivity contribution in [1.82, 2.24) is 0 Å². The van der Waals surface area contributed by atoms with Gasteiger partial charge in [-0.25, -0.2) is 9.98 Å². The number of nitrogens with zero attached hydrogens (tertiary/aromatic N) is 5. The topological polar surface area (TPSA) is 87.9 Å². The van der Waals surface area contributed by atoms with Gasteiger partial charge in [0.05, 0.1) is 11.9 Å². The molecule has 0 bridgehead atoms. The average Bonchev–Trinajstić information content (AvgIpc) is 2.97. The molecule has 1 saturated heterocycles. The van der Waals surface area contributed by atoms with Crippen LogP contribution in [-0.4, -0.2) is 42.2 Å². The second-order valence-corrected chi connectivity index (χ2v) is 10.3. The lowest BCUT2D eigenvalue weighted by molar-refractivity contribution is -0.274. The summed E-state index contributed by atoms with van der Waals surface area (Å²) >= 11 is 1.71. The van der Waals surface area contributed by atoms with Crippen LogP contribution in [0, 0.1) is 0 Å². The third kappa shape index (κ3) is 8.68. The highest BCUT2D eigenvalue weighted by molar-refractivity contribution is 8.14. The van der Waals surface area contributed by atoms with Crippen LogP contribution < -0.4 is 15.4 Å². The first-order chi connectivity index (χ1) is 19.7. The van der Waals surface area contributed by atoms with Crippen molar-refractivity contribution in [2.24, 2.45) is 25.9 Å². The van der Waals surface area contributed by atoms with Crippen LogP contribution in [0.15, 0.2) is 93.0 Å². The molecular formula is C30H31F3N6OS. The van der Waals surface area contributed by atoms with E-state index < -0.39 is 6.36 Å². The maximum Gasteiger partial charge on any atom is 0.573 e. The summed E-state index contributed by atoms with van der Waals surface area (Å²) in [5.41, 5.74) is 10.5. The Morgan fingerprint density at radius 3 is 2.51 bits per heavy atom. The van der Waals surface area contributed by atoms with Gasteiger partial charge in [0.2, 0.25) is 0 Å². The number of amidine groups is 2. The molecule has 0 aromatic heterocycles. The van der Waals surface area contributed by atoms with E-state index in [0.29, 0.717) is 17.2 Å². The van der Waals surface area contributed by atoms with Gasteiger partial charge in [0.25, 0.3) is 0 Å². The van der Waals surface area contributed by atoms with E-state index >= 15 is 0 Å².